The molecule has 0 aromatic heterocycles. The maximum Gasteiger partial charge on any atom is 0.297 e. The molecule has 1 aromatic rings. The highest BCUT2D eigenvalue weighted by Crippen LogP contribution is 2.30. The molecule has 3 saturated heterocycles. The van der Waals surface area contributed by atoms with E-state index in [9.17, 15) is 8.42 Å². The number of ether oxygens (including phenoxy) is 6. The van der Waals surface area contributed by atoms with Crippen LogP contribution in [0.1, 0.15) is 5.56 Å². The largest absolute Gasteiger partial charge is 0.353 e. The van der Waals surface area contributed by atoms with E-state index >= 15 is 0 Å². The second-order valence-electron chi connectivity index (χ2n) is 6.58. The summed E-state index contributed by atoms with van der Waals surface area (Å²) >= 11 is 0. The molecule has 3 fully saturated rings. The lowest BCUT2D eigenvalue weighted by Gasteiger charge is -2.40. The van der Waals surface area contributed by atoms with Crippen molar-refractivity contribution in [1.29, 1.82) is 0 Å². The summed E-state index contributed by atoms with van der Waals surface area (Å²) in [4.78, 5) is 0.0923. The number of hydrogen-bond donors (Lipinski definition) is 0. The topological polar surface area (TPSA) is 98.8 Å². The lowest BCUT2D eigenvalue weighted by Crippen LogP contribution is -2.58. The molecule has 0 spiro atoms. The van der Waals surface area contributed by atoms with Gasteiger partial charge < -0.3 is 28.4 Å². The molecule has 3 aliphatic heterocycles. The molecule has 10 heteroatoms. The van der Waals surface area contributed by atoms with Gasteiger partial charge in [0.1, 0.15) is 50.9 Å². The Kier molecular flexibility index (Phi) is 5.76. The Hall–Kier alpha value is -1.11. The molecule has 0 bridgehead atoms. The second-order valence-corrected chi connectivity index (χ2v) is 8.20. The predicted molar refractivity (Wildman–Crippen MR) is 89.2 cm³/mol. The number of benzene rings is 1. The van der Waals surface area contributed by atoms with E-state index in [1.807, 2.05) is 6.92 Å². The van der Waals surface area contributed by atoms with Crippen LogP contribution in [0, 0.1) is 6.92 Å². The van der Waals surface area contributed by atoms with Crippen LogP contribution in [-0.4, -0.2) is 72.5 Å². The summed E-state index contributed by atoms with van der Waals surface area (Å²) in [6, 6.07) is 6.45. The van der Waals surface area contributed by atoms with E-state index in [0.29, 0.717) is 6.61 Å². The first-order chi connectivity index (χ1) is 13.0. The van der Waals surface area contributed by atoms with Gasteiger partial charge in [0.05, 0.1) is 18.1 Å². The Balaban J connectivity index is 1.45. The Labute approximate surface area is 157 Å². The van der Waals surface area contributed by atoms with Gasteiger partial charge in [-0.15, -0.1) is 0 Å². The Morgan fingerprint density at radius 2 is 1.63 bits per heavy atom. The Morgan fingerprint density at radius 1 is 0.926 bits per heavy atom. The minimum atomic E-state index is -3.91. The molecule has 0 amide bonds. The molecular formula is C17H22O9S. The fourth-order valence-electron chi connectivity index (χ4n) is 3.31. The molecule has 0 saturated carbocycles. The first-order valence-corrected chi connectivity index (χ1v) is 10.1. The quantitative estimate of drug-likeness (QED) is 0.669. The van der Waals surface area contributed by atoms with Crippen LogP contribution < -0.4 is 0 Å². The lowest BCUT2D eigenvalue weighted by molar-refractivity contribution is -0.281. The summed E-state index contributed by atoms with van der Waals surface area (Å²) in [6.45, 7) is 2.18. The van der Waals surface area contributed by atoms with Gasteiger partial charge in [-0.2, -0.15) is 8.42 Å². The maximum atomic E-state index is 12.4. The molecule has 3 heterocycles. The first kappa shape index (κ1) is 19.2. The SMILES string of the molecule is Cc1ccc(S(=O)(=O)OCC2OCOC3C4OCOCC4OCOC23)cc1. The molecule has 4 rings (SSSR count). The van der Waals surface area contributed by atoms with Crippen molar-refractivity contribution in [3.05, 3.63) is 29.8 Å². The molecule has 1 aromatic carbocycles. The fourth-order valence-corrected chi connectivity index (χ4v) is 4.23. The van der Waals surface area contributed by atoms with Crippen LogP contribution in [0.4, 0.5) is 0 Å². The van der Waals surface area contributed by atoms with Crippen molar-refractivity contribution in [2.75, 3.05) is 33.6 Å². The van der Waals surface area contributed by atoms with Crippen LogP contribution in [-0.2, 0) is 42.7 Å². The van der Waals surface area contributed by atoms with Crippen LogP contribution in [0.25, 0.3) is 0 Å². The van der Waals surface area contributed by atoms with E-state index in [0.717, 1.165) is 5.56 Å². The van der Waals surface area contributed by atoms with Crippen molar-refractivity contribution in [1.82, 2.24) is 0 Å². The Morgan fingerprint density at radius 3 is 2.44 bits per heavy atom. The van der Waals surface area contributed by atoms with Crippen molar-refractivity contribution in [2.45, 2.75) is 42.3 Å². The molecule has 0 aliphatic carbocycles. The average Bonchev–Trinajstić information content (AvgIpc) is 2.86. The van der Waals surface area contributed by atoms with Crippen LogP contribution in [0.15, 0.2) is 29.2 Å². The zero-order valence-corrected chi connectivity index (χ0v) is 15.6. The number of hydrogen-bond acceptors (Lipinski definition) is 9. The summed E-state index contributed by atoms with van der Waals surface area (Å²) < 4.78 is 63.5. The fraction of sp³-hybridized carbons (Fsp3) is 0.647. The Bertz CT molecular complexity index is 735. The van der Waals surface area contributed by atoms with Gasteiger partial charge in [0, 0.05) is 0 Å². The summed E-state index contributed by atoms with van der Waals surface area (Å²) in [5.41, 5.74) is 0.961. The van der Waals surface area contributed by atoms with Gasteiger partial charge in [-0.25, -0.2) is 0 Å². The average molecular weight is 402 g/mol. The van der Waals surface area contributed by atoms with Crippen LogP contribution in [0.2, 0.25) is 0 Å². The second kappa shape index (κ2) is 8.10. The van der Waals surface area contributed by atoms with Crippen LogP contribution in [0.5, 0.6) is 0 Å². The summed E-state index contributed by atoms with van der Waals surface area (Å²) in [6.07, 6.45) is -2.39. The number of fused-ring (bicyclic) bond motifs is 3. The zero-order chi connectivity index (χ0) is 18.9. The third-order valence-electron chi connectivity index (χ3n) is 4.79. The van der Waals surface area contributed by atoms with Gasteiger partial charge in [0.25, 0.3) is 10.1 Å². The molecule has 9 nitrogen and oxygen atoms in total. The van der Waals surface area contributed by atoms with Gasteiger partial charge in [-0.1, -0.05) is 17.7 Å². The van der Waals surface area contributed by atoms with E-state index in [1.165, 1.54) is 12.1 Å². The van der Waals surface area contributed by atoms with Crippen molar-refractivity contribution < 1.29 is 41.0 Å². The summed E-state index contributed by atoms with van der Waals surface area (Å²) in [7, 11) is -3.91. The number of aryl methyl sites for hydroxylation is 1. The van der Waals surface area contributed by atoms with Crippen molar-refractivity contribution in [3.8, 4) is 0 Å². The molecule has 3 aliphatic rings. The van der Waals surface area contributed by atoms with Crippen molar-refractivity contribution in [3.63, 3.8) is 0 Å². The minimum absolute atomic E-state index is 0.00296. The summed E-state index contributed by atoms with van der Waals surface area (Å²) in [5, 5.41) is 0. The van der Waals surface area contributed by atoms with Gasteiger partial charge >= 0.3 is 0 Å². The molecule has 150 valence electrons. The molecule has 27 heavy (non-hydrogen) atoms. The van der Waals surface area contributed by atoms with Crippen LogP contribution in [0.3, 0.4) is 0 Å². The van der Waals surface area contributed by atoms with Gasteiger partial charge in [0.2, 0.25) is 0 Å². The third-order valence-corrected chi connectivity index (χ3v) is 6.08. The molecular weight excluding hydrogens is 380 g/mol. The van der Waals surface area contributed by atoms with E-state index in [4.69, 9.17) is 32.6 Å². The monoisotopic (exact) mass is 402 g/mol. The molecule has 0 N–H and O–H groups in total. The smallest absolute Gasteiger partial charge is 0.297 e. The van der Waals surface area contributed by atoms with E-state index in [2.05, 4.69) is 0 Å². The van der Waals surface area contributed by atoms with Gasteiger partial charge in [-0.3, -0.25) is 4.18 Å². The normalized spacial score (nSPS) is 34.3. The highest BCUT2D eigenvalue weighted by molar-refractivity contribution is 7.86. The number of rotatable bonds is 4. The lowest BCUT2D eigenvalue weighted by atomic mass is 9.98. The van der Waals surface area contributed by atoms with Crippen molar-refractivity contribution in [2.24, 2.45) is 0 Å². The third kappa shape index (κ3) is 4.17. The van der Waals surface area contributed by atoms with Gasteiger partial charge in [0.15, 0.2) is 0 Å². The minimum Gasteiger partial charge on any atom is -0.353 e. The molecule has 0 radical (unpaired) electrons. The molecule has 5 atom stereocenters. The highest BCUT2D eigenvalue weighted by atomic mass is 32.2. The zero-order valence-electron chi connectivity index (χ0n) is 14.8. The van der Waals surface area contributed by atoms with E-state index < -0.39 is 28.4 Å². The maximum absolute atomic E-state index is 12.4. The molecule has 5 unspecified atom stereocenters. The first-order valence-electron chi connectivity index (χ1n) is 8.66. The summed E-state index contributed by atoms with van der Waals surface area (Å²) in [5.74, 6) is 0. The predicted octanol–water partition coefficient (Wildman–Crippen LogP) is 0.556. The van der Waals surface area contributed by atoms with Crippen molar-refractivity contribution >= 4 is 10.1 Å². The standard InChI is InChI=1S/C17H22O9S/c1-11-2-4-12(5-3-11)27(18,19)26-7-14-16-17(25-10-22-14)15-13(21-9-24-16)6-20-8-23-15/h2-5,13-17H,6-10H2,1H3. The van der Waals surface area contributed by atoms with E-state index in [1.54, 1.807) is 12.1 Å². The van der Waals surface area contributed by atoms with Crippen LogP contribution >= 0.6 is 0 Å². The van der Waals surface area contributed by atoms with E-state index in [-0.39, 0.29) is 44.1 Å². The highest BCUT2D eigenvalue weighted by Gasteiger charge is 2.48. The van der Waals surface area contributed by atoms with Gasteiger partial charge in [-0.05, 0) is 19.1 Å².